The van der Waals surface area contributed by atoms with E-state index in [1.165, 1.54) is 19.3 Å². The van der Waals surface area contributed by atoms with Crippen LogP contribution < -0.4 is 0 Å². The van der Waals surface area contributed by atoms with Crippen molar-refractivity contribution in [2.24, 2.45) is 29.1 Å². The summed E-state index contributed by atoms with van der Waals surface area (Å²) in [5.41, 5.74) is 0.766. The first-order valence-electron chi connectivity index (χ1n) is 9.08. The normalized spacial score (nSPS) is 50.6. The molecule has 0 aromatic rings. The van der Waals surface area contributed by atoms with Gasteiger partial charge in [0, 0.05) is 6.42 Å². The van der Waals surface area contributed by atoms with E-state index in [2.05, 4.69) is 19.6 Å². The highest BCUT2D eigenvalue weighted by molar-refractivity contribution is 5.92. The Morgan fingerprint density at radius 3 is 2.77 bits per heavy atom. The molecule has 0 saturated heterocycles. The largest absolute Gasteiger partial charge is 0.385 e. The van der Waals surface area contributed by atoms with Gasteiger partial charge in [-0.3, -0.25) is 4.79 Å². The van der Waals surface area contributed by atoms with Crippen LogP contribution in [0.5, 0.6) is 0 Å². The third kappa shape index (κ3) is 1.79. The Bertz CT molecular complexity index is 548. The van der Waals surface area contributed by atoms with Crippen molar-refractivity contribution in [2.45, 2.75) is 63.9 Å². The topological polar surface area (TPSA) is 37.3 Å². The van der Waals surface area contributed by atoms with E-state index in [-0.39, 0.29) is 5.78 Å². The summed E-state index contributed by atoms with van der Waals surface area (Å²) in [5.74, 6) is 2.61. The third-order valence-corrected chi connectivity index (χ3v) is 7.80. The summed E-state index contributed by atoms with van der Waals surface area (Å²) in [6.07, 6.45) is 12.1. The second kappa shape index (κ2) is 4.80. The van der Waals surface area contributed by atoms with Gasteiger partial charge in [0.25, 0.3) is 0 Å². The molecule has 4 aliphatic rings. The summed E-state index contributed by atoms with van der Waals surface area (Å²) in [4.78, 5) is 11.7. The molecule has 0 radical (unpaired) electrons. The van der Waals surface area contributed by atoms with E-state index < -0.39 is 5.60 Å². The molecule has 6 atom stereocenters. The van der Waals surface area contributed by atoms with E-state index in [0.717, 1.165) is 30.8 Å². The van der Waals surface area contributed by atoms with Gasteiger partial charge in [-0.05, 0) is 85.7 Å². The molecule has 3 saturated carbocycles. The van der Waals surface area contributed by atoms with Gasteiger partial charge >= 0.3 is 0 Å². The Morgan fingerprint density at radius 2 is 2.00 bits per heavy atom. The van der Waals surface area contributed by atoms with Gasteiger partial charge in [0.15, 0.2) is 5.78 Å². The summed E-state index contributed by atoms with van der Waals surface area (Å²) in [7, 11) is 0. The maximum atomic E-state index is 11.7. The SMILES string of the molecule is C=C[C@H]1CCC2C3CCC4=CC(=O)CCC4(O)C3CCC21C. The monoisotopic (exact) mass is 300 g/mol. The smallest absolute Gasteiger partial charge is 0.155 e. The standard InChI is InChI=1S/C20H28O2/c1-3-13-5-7-17-16-6-4-14-12-15(21)8-11-20(14,22)18(16)9-10-19(13,17)2/h3,12-13,16-18,22H,1,4-11H2,2H3/t13-,16?,17?,18?,19?,20?/m0/s1. The Morgan fingerprint density at radius 1 is 1.18 bits per heavy atom. The molecule has 4 rings (SSSR count). The minimum Gasteiger partial charge on any atom is -0.385 e. The van der Waals surface area contributed by atoms with Crippen LogP contribution in [0.4, 0.5) is 0 Å². The fourth-order valence-electron chi connectivity index (χ4n) is 6.61. The molecule has 0 spiro atoms. The summed E-state index contributed by atoms with van der Waals surface area (Å²) in [6, 6.07) is 0. The Labute approximate surface area is 133 Å². The molecular formula is C20H28O2. The third-order valence-electron chi connectivity index (χ3n) is 7.80. The van der Waals surface area contributed by atoms with Crippen LogP contribution in [0.15, 0.2) is 24.3 Å². The molecule has 0 bridgehead atoms. The van der Waals surface area contributed by atoms with Crippen LogP contribution in [-0.2, 0) is 4.79 Å². The average molecular weight is 300 g/mol. The number of fused-ring (bicyclic) bond motifs is 5. The van der Waals surface area contributed by atoms with E-state index in [4.69, 9.17) is 0 Å². The lowest BCUT2D eigenvalue weighted by Crippen LogP contribution is -2.55. The molecule has 0 aromatic heterocycles. The van der Waals surface area contributed by atoms with Gasteiger partial charge in [0.05, 0.1) is 5.60 Å². The zero-order chi connectivity index (χ0) is 15.5. The van der Waals surface area contributed by atoms with Gasteiger partial charge in [-0.1, -0.05) is 13.0 Å². The van der Waals surface area contributed by atoms with Crippen LogP contribution in [0, 0.1) is 29.1 Å². The second-order valence-corrected chi connectivity index (χ2v) is 8.44. The van der Waals surface area contributed by atoms with Crippen molar-refractivity contribution in [1.82, 2.24) is 0 Å². The van der Waals surface area contributed by atoms with Crippen molar-refractivity contribution in [3.05, 3.63) is 24.3 Å². The van der Waals surface area contributed by atoms with Crippen LogP contribution >= 0.6 is 0 Å². The lowest BCUT2D eigenvalue weighted by Gasteiger charge is -2.56. The van der Waals surface area contributed by atoms with Crippen molar-refractivity contribution < 1.29 is 9.90 Å². The molecule has 0 amide bonds. The van der Waals surface area contributed by atoms with E-state index in [1.54, 1.807) is 6.08 Å². The maximum Gasteiger partial charge on any atom is 0.155 e. The van der Waals surface area contributed by atoms with Gasteiger partial charge in [-0.15, -0.1) is 6.58 Å². The molecule has 2 heteroatoms. The second-order valence-electron chi connectivity index (χ2n) is 8.44. The van der Waals surface area contributed by atoms with Gasteiger partial charge in [-0.25, -0.2) is 0 Å². The van der Waals surface area contributed by atoms with Crippen LogP contribution in [0.2, 0.25) is 0 Å². The predicted octanol–water partition coefficient (Wildman–Crippen LogP) is 4.05. The molecule has 2 nitrogen and oxygen atoms in total. The van der Waals surface area contributed by atoms with Crippen molar-refractivity contribution in [3.8, 4) is 0 Å². The molecule has 1 N–H and O–H groups in total. The molecule has 120 valence electrons. The summed E-state index contributed by atoms with van der Waals surface area (Å²) in [6.45, 7) is 6.54. The summed E-state index contributed by atoms with van der Waals surface area (Å²) in [5, 5.41) is 11.4. The first-order valence-corrected chi connectivity index (χ1v) is 9.08. The van der Waals surface area contributed by atoms with Crippen LogP contribution in [0.25, 0.3) is 0 Å². The van der Waals surface area contributed by atoms with Crippen molar-refractivity contribution >= 4 is 5.78 Å². The Hall–Kier alpha value is -0.890. The lowest BCUT2D eigenvalue weighted by atomic mass is 9.50. The minimum atomic E-state index is -0.676. The number of carbonyl (C=O) groups excluding carboxylic acids is 1. The number of carbonyl (C=O) groups is 1. The van der Waals surface area contributed by atoms with Crippen LogP contribution in [0.1, 0.15) is 58.3 Å². The zero-order valence-electron chi connectivity index (χ0n) is 13.7. The van der Waals surface area contributed by atoms with E-state index in [1.807, 2.05) is 0 Å². The molecule has 22 heavy (non-hydrogen) atoms. The number of rotatable bonds is 1. The molecular weight excluding hydrogens is 272 g/mol. The highest BCUT2D eigenvalue weighted by Crippen LogP contribution is 2.64. The highest BCUT2D eigenvalue weighted by atomic mass is 16.3. The lowest BCUT2D eigenvalue weighted by molar-refractivity contribution is -0.125. The Kier molecular flexibility index (Phi) is 3.21. The number of aliphatic hydroxyl groups is 1. The first-order chi connectivity index (χ1) is 10.5. The number of hydrogen-bond acceptors (Lipinski definition) is 2. The quantitative estimate of drug-likeness (QED) is 0.742. The van der Waals surface area contributed by atoms with Crippen LogP contribution in [-0.4, -0.2) is 16.5 Å². The number of hydrogen-bond donors (Lipinski definition) is 1. The molecule has 0 heterocycles. The zero-order valence-corrected chi connectivity index (χ0v) is 13.7. The maximum absolute atomic E-state index is 11.7. The molecule has 4 aliphatic carbocycles. The first kappa shape index (κ1) is 14.7. The summed E-state index contributed by atoms with van der Waals surface area (Å²) >= 11 is 0. The van der Waals surface area contributed by atoms with Gasteiger partial charge < -0.3 is 5.11 Å². The highest BCUT2D eigenvalue weighted by Gasteiger charge is 2.59. The minimum absolute atomic E-state index is 0.214. The fraction of sp³-hybridized carbons (Fsp3) is 0.750. The summed E-state index contributed by atoms with van der Waals surface area (Å²) < 4.78 is 0. The molecule has 5 unspecified atom stereocenters. The molecule has 3 fully saturated rings. The van der Waals surface area contributed by atoms with Crippen molar-refractivity contribution in [2.75, 3.05) is 0 Å². The molecule has 0 aromatic carbocycles. The van der Waals surface area contributed by atoms with Crippen LogP contribution in [0.3, 0.4) is 0 Å². The van der Waals surface area contributed by atoms with Crippen molar-refractivity contribution in [1.29, 1.82) is 0 Å². The van der Waals surface area contributed by atoms with E-state index in [0.29, 0.717) is 36.0 Å². The molecule has 0 aliphatic heterocycles. The predicted molar refractivity (Wildman–Crippen MR) is 87.2 cm³/mol. The number of allylic oxidation sites excluding steroid dienone is 1. The van der Waals surface area contributed by atoms with Gasteiger partial charge in [0.1, 0.15) is 0 Å². The average Bonchev–Trinajstić information content (AvgIpc) is 2.84. The number of ketones is 1. The van der Waals surface area contributed by atoms with Gasteiger partial charge in [-0.2, -0.15) is 0 Å². The fourth-order valence-corrected chi connectivity index (χ4v) is 6.61. The Balaban J connectivity index is 1.68. The van der Waals surface area contributed by atoms with Crippen molar-refractivity contribution in [3.63, 3.8) is 0 Å². The van der Waals surface area contributed by atoms with E-state index >= 15 is 0 Å². The van der Waals surface area contributed by atoms with Gasteiger partial charge in [0.2, 0.25) is 0 Å². The van der Waals surface area contributed by atoms with E-state index in [9.17, 15) is 9.90 Å².